The Morgan fingerprint density at radius 1 is 0.944 bits per heavy atom. The number of rotatable bonds is 8. The highest BCUT2D eigenvalue weighted by molar-refractivity contribution is 5.93. The van der Waals surface area contributed by atoms with E-state index in [2.05, 4.69) is 28.9 Å². The summed E-state index contributed by atoms with van der Waals surface area (Å²) in [6.07, 6.45) is 6.32. The minimum atomic E-state index is -0.537. The quantitative estimate of drug-likeness (QED) is 0.307. The van der Waals surface area contributed by atoms with Gasteiger partial charge in [0.2, 0.25) is 0 Å². The molecule has 0 unspecified atom stereocenters. The average molecular weight is 484 g/mol. The smallest absolute Gasteiger partial charge is 0.341 e. The molecule has 0 spiro atoms. The average Bonchev–Trinajstić information content (AvgIpc) is 3.44. The highest BCUT2D eigenvalue weighted by Gasteiger charge is 2.19. The Morgan fingerprint density at radius 2 is 1.58 bits per heavy atom. The van der Waals surface area contributed by atoms with E-state index in [4.69, 9.17) is 9.47 Å². The van der Waals surface area contributed by atoms with Gasteiger partial charge >= 0.3 is 5.97 Å². The number of hydrogen-bond donors (Lipinski definition) is 1. The van der Waals surface area contributed by atoms with Gasteiger partial charge in [-0.25, -0.2) is 4.79 Å². The minimum absolute atomic E-state index is 0.0684. The second-order valence-electron chi connectivity index (χ2n) is 9.23. The normalized spacial score (nSPS) is 13.1. The number of phenols is 1. The van der Waals surface area contributed by atoms with Gasteiger partial charge in [0.25, 0.3) is 0 Å². The van der Waals surface area contributed by atoms with E-state index in [0.717, 1.165) is 47.0 Å². The highest BCUT2D eigenvalue weighted by atomic mass is 16.5. The fourth-order valence-corrected chi connectivity index (χ4v) is 4.66. The fourth-order valence-electron chi connectivity index (χ4n) is 4.66. The molecular weight excluding hydrogens is 450 g/mol. The summed E-state index contributed by atoms with van der Waals surface area (Å²) in [7, 11) is 2.98. The van der Waals surface area contributed by atoms with Crippen LogP contribution in [0.3, 0.4) is 0 Å². The van der Waals surface area contributed by atoms with Crippen molar-refractivity contribution in [3.05, 3.63) is 89.0 Å². The number of benzene rings is 3. The molecule has 4 rings (SSSR count). The van der Waals surface area contributed by atoms with E-state index in [9.17, 15) is 9.90 Å². The largest absolute Gasteiger partial charge is 0.507 e. The number of anilines is 1. The van der Waals surface area contributed by atoms with E-state index in [-0.39, 0.29) is 11.3 Å². The first-order valence-electron chi connectivity index (χ1n) is 12.5. The van der Waals surface area contributed by atoms with Crippen molar-refractivity contribution in [3.8, 4) is 23.3 Å². The summed E-state index contributed by atoms with van der Waals surface area (Å²) in [4.78, 5) is 14.4. The van der Waals surface area contributed by atoms with Gasteiger partial charge in [-0.15, -0.1) is 0 Å². The third kappa shape index (κ3) is 6.60. The van der Waals surface area contributed by atoms with E-state index in [1.165, 1.54) is 32.8 Å². The van der Waals surface area contributed by atoms with E-state index < -0.39 is 5.97 Å². The summed E-state index contributed by atoms with van der Waals surface area (Å²) in [6, 6.07) is 21.1. The number of aromatic hydroxyl groups is 1. The molecule has 1 N–H and O–H groups in total. The van der Waals surface area contributed by atoms with Crippen LogP contribution in [0.5, 0.6) is 11.5 Å². The number of hydrogen-bond acceptors (Lipinski definition) is 5. The van der Waals surface area contributed by atoms with Crippen LogP contribution in [0, 0.1) is 17.8 Å². The fraction of sp³-hybridized carbons (Fsp3) is 0.323. The van der Waals surface area contributed by atoms with Gasteiger partial charge in [0, 0.05) is 29.9 Å². The van der Waals surface area contributed by atoms with E-state index >= 15 is 0 Å². The Labute approximate surface area is 213 Å². The van der Waals surface area contributed by atoms with Gasteiger partial charge in [-0.3, -0.25) is 0 Å². The van der Waals surface area contributed by atoms with E-state index in [1.807, 2.05) is 42.5 Å². The Bertz CT molecular complexity index is 1220. The molecule has 36 heavy (non-hydrogen) atoms. The minimum Gasteiger partial charge on any atom is -0.507 e. The van der Waals surface area contributed by atoms with Crippen LogP contribution in [-0.4, -0.2) is 31.8 Å². The molecule has 3 aromatic rings. The molecule has 1 aliphatic carbocycles. The monoisotopic (exact) mass is 483 g/mol. The molecule has 5 nitrogen and oxygen atoms in total. The van der Waals surface area contributed by atoms with Crippen LogP contribution >= 0.6 is 0 Å². The predicted molar refractivity (Wildman–Crippen MR) is 142 cm³/mol. The maximum absolute atomic E-state index is 12.1. The first-order chi connectivity index (χ1) is 17.6. The van der Waals surface area contributed by atoms with Gasteiger partial charge in [-0.1, -0.05) is 49.7 Å². The van der Waals surface area contributed by atoms with Gasteiger partial charge < -0.3 is 19.5 Å². The molecule has 0 aromatic heterocycles. The number of carbonyl (C=O) groups is 1. The van der Waals surface area contributed by atoms with Gasteiger partial charge in [0.05, 0.1) is 14.2 Å². The summed E-state index contributed by atoms with van der Waals surface area (Å²) >= 11 is 0. The molecule has 0 aliphatic heterocycles. The summed E-state index contributed by atoms with van der Waals surface area (Å²) in [5.41, 5.74) is 4.13. The molecular formula is C31H33NO4. The number of ether oxygens (including phenoxy) is 2. The molecule has 0 radical (unpaired) electrons. The molecule has 5 heteroatoms. The lowest BCUT2D eigenvalue weighted by molar-refractivity contribution is 0.0597. The van der Waals surface area contributed by atoms with Crippen LogP contribution in [0.1, 0.15) is 59.2 Å². The van der Waals surface area contributed by atoms with Gasteiger partial charge in [-0.05, 0) is 72.5 Å². The lowest BCUT2D eigenvalue weighted by atomic mass is 10.0. The Morgan fingerprint density at radius 3 is 2.19 bits per heavy atom. The number of carbonyl (C=O) groups excluding carboxylic acids is 1. The van der Waals surface area contributed by atoms with Crippen molar-refractivity contribution in [2.24, 2.45) is 5.92 Å². The Kier molecular flexibility index (Phi) is 8.52. The molecule has 3 aromatic carbocycles. The first-order valence-corrected chi connectivity index (χ1v) is 12.5. The second kappa shape index (κ2) is 12.2. The number of phenolic OH excluding ortho intramolecular Hbond substituents is 1. The Balaban J connectivity index is 1.50. The molecule has 186 valence electrons. The van der Waals surface area contributed by atoms with Crippen LogP contribution in [0.4, 0.5) is 5.69 Å². The number of esters is 1. The summed E-state index contributed by atoms with van der Waals surface area (Å²) in [6.45, 7) is 1.58. The molecule has 0 saturated heterocycles. The molecule has 1 aliphatic rings. The predicted octanol–water partition coefficient (Wildman–Crippen LogP) is 6.17. The topological polar surface area (TPSA) is 59.0 Å². The van der Waals surface area contributed by atoms with Gasteiger partial charge in [0.15, 0.2) is 0 Å². The third-order valence-electron chi connectivity index (χ3n) is 6.80. The van der Waals surface area contributed by atoms with Crippen molar-refractivity contribution in [2.75, 3.05) is 25.7 Å². The highest BCUT2D eigenvalue weighted by Crippen LogP contribution is 2.30. The molecule has 0 heterocycles. The van der Waals surface area contributed by atoms with Crippen LogP contribution in [-0.2, 0) is 11.3 Å². The van der Waals surface area contributed by atoms with Crippen molar-refractivity contribution in [1.82, 2.24) is 0 Å². The van der Waals surface area contributed by atoms with Crippen LogP contribution < -0.4 is 9.64 Å². The second-order valence-corrected chi connectivity index (χ2v) is 9.23. The molecule has 0 atom stereocenters. The van der Waals surface area contributed by atoms with Crippen molar-refractivity contribution < 1.29 is 19.4 Å². The SMILES string of the molecule is COC(=O)c1cc(N(CCC2CCCC2)Cc2ccc(C#Cc3ccc(OC)cc3)cc2)ccc1O. The maximum Gasteiger partial charge on any atom is 0.341 e. The molecule has 1 saturated carbocycles. The van der Waals surface area contributed by atoms with Crippen molar-refractivity contribution in [2.45, 2.75) is 38.6 Å². The zero-order chi connectivity index (χ0) is 25.3. The Hall–Kier alpha value is -3.91. The standard InChI is InChI=1S/C31H33NO4/c1-35-28-16-13-25(14-17-28)8-7-24-9-11-26(12-10-24)22-32(20-19-23-5-3-4-6-23)27-15-18-30(33)29(21-27)31(34)36-2/h9-18,21,23,33H,3-6,19-20,22H2,1-2H3. The lowest BCUT2D eigenvalue weighted by Crippen LogP contribution is -2.25. The van der Waals surface area contributed by atoms with Crippen LogP contribution in [0.15, 0.2) is 66.7 Å². The molecule has 0 amide bonds. The molecule has 1 fully saturated rings. The summed E-state index contributed by atoms with van der Waals surface area (Å²) in [5.74, 6) is 7.38. The number of nitrogens with zero attached hydrogens (tertiary/aromatic N) is 1. The molecule has 0 bridgehead atoms. The lowest BCUT2D eigenvalue weighted by Gasteiger charge is -2.27. The summed E-state index contributed by atoms with van der Waals surface area (Å²) < 4.78 is 10.1. The van der Waals surface area contributed by atoms with Crippen molar-refractivity contribution in [1.29, 1.82) is 0 Å². The maximum atomic E-state index is 12.1. The third-order valence-corrected chi connectivity index (χ3v) is 6.80. The first kappa shape index (κ1) is 25.2. The van der Waals surface area contributed by atoms with Gasteiger partial charge in [-0.2, -0.15) is 0 Å². The summed E-state index contributed by atoms with van der Waals surface area (Å²) in [5, 5.41) is 10.2. The van der Waals surface area contributed by atoms with E-state index in [1.54, 1.807) is 19.2 Å². The van der Waals surface area contributed by atoms with E-state index in [0.29, 0.717) is 6.54 Å². The zero-order valence-corrected chi connectivity index (χ0v) is 21.0. The van der Waals surface area contributed by atoms with Crippen molar-refractivity contribution in [3.63, 3.8) is 0 Å². The van der Waals surface area contributed by atoms with Gasteiger partial charge in [0.1, 0.15) is 17.1 Å². The number of methoxy groups -OCH3 is 2. The van der Waals surface area contributed by atoms with Crippen LogP contribution in [0.25, 0.3) is 0 Å². The van der Waals surface area contributed by atoms with Crippen LogP contribution in [0.2, 0.25) is 0 Å². The van der Waals surface area contributed by atoms with Crippen molar-refractivity contribution >= 4 is 11.7 Å². The zero-order valence-electron chi connectivity index (χ0n) is 21.0.